The molecular weight excluding hydrogens is 394 g/mol. The number of ether oxygens (including phenoxy) is 1. The van der Waals surface area contributed by atoms with Gasteiger partial charge in [-0.05, 0) is 30.7 Å². The summed E-state index contributed by atoms with van der Waals surface area (Å²) in [6, 6.07) is 12.4. The third-order valence-electron chi connectivity index (χ3n) is 4.66. The molecule has 0 aromatic heterocycles. The highest BCUT2D eigenvalue weighted by atomic mass is 32.2. The first-order chi connectivity index (χ1) is 13.8. The number of nitrogens with zero attached hydrogens (tertiary/aromatic N) is 2. The average molecular weight is 417 g/mol. The quantitative estimate of drug-likeness (QED) is 0.778. The molecule has 1 unspecified atom stereocenters. The lowest BCUT2D eigenvalue weighted by Gasteiger charge is -2.36. The third-order valence-corrected chi connectivity index (χ3v) is 5.84. The number of rotatable bonds is 6. The molecule has 2 aromatic carbocycles. The third kappa shape index (κ3) is 4.19. The maximum Gasteiger partial charge on any atom is 0.251 e. The Morgan fingerprint density at radius 3 is 2.62 bits per heavy atom. The molecular formula is C20H23N3O5S. The van der Waals surface area contributed by atoms with Crippen LogP contribution in [-0.2, 0) is 19.6 Å². The molecule has 29 heavy (non-hydrogen) atoms. The van der Waals surface area contributed by atoms with Crippen molar-refractivity contribution in [1.82, 2.24) is 0 Å². The van der Waals surface area contributed by atoms with Crippen molar-refractivity contribution in [3.63, 3.8) is 0 Å². The van der Waals surface area contributed by atoms with Crippen LogP contribution in [-0.4, -0.2) is 46.2 Å². The highest BCUT2D eigenvalue weighted by Gasteiger charge is 2.37. The fourth-order valence-corrected chi connectivity index (χ4v) is 4.60. The van der Waals surface area contributed by atoms with Gasteiger partial charge in [-0.2, -0.15) is 0 Å². The second-order valence-corrected chi connectivity index (χ2v) is 8.53. The van der Waals surface area contributed by atoms with Crippen LogP contribution in [0.15, 0.2) is 48.5 Å². The topological polar surface area (TPSA) is 96.0 Å². The van der Waals surface area contributed by atoms with Gasteiger partial charge in [-0.15, -0.1) is 0 Å². The number of carbonyl (C=O) groups excluding carboxylic acids is 2. The zero-order valence-electron chi connectivity index (χ0n) is 16.5. The van der Waals surface area contributed by atoms with E-state index in [-0.39, 0.29) is 18.9 Å². The number of hydrogen-bond acceptors (Lipinski definition) is 5. The van der Waals surface area contributed by atoms with E-state index in [1.165, 1.54) is 12.0 Å². The van der Waals surface area contributed by atoms with Crippen LogP contribution in [0, 0.1) is 0 Å². The molecule has 1 atom stereocenters. The highest BCUT2D eigenvalue weighted by molar-refractivity contribution is 7.92. The molecule has 0 saturated carbocycles. The van der Waals surface area contributed by atoms with E-state index < -0.39 is 22.0 Å². The molecule has 1 heterocycles. The highest BCUT2D eigenvalue weighted by Crippen LogP contribution is 2.32. The van der Waals surface area contributed by atoms with Crippen molar-refractivity contribution < 1.29 is 22.7 Å². The summed E-state index contributed by atoms with van der Waals surface area (Å²) in [6.07, 6.45) is 1.28. The Labute approximate surface area is 170 Å². The van der Waals surface area contributed by atoms with Gasteiger partial charge in [0.05, 0.1) is 30.4 Å². The Morgan fingerprint density at radius 2 is 1.97 bits per heavy atom. The molecule has 154 valence electrons. The van der Waals surface area contributed by atoms with Gasteiger partial charge < -0.3 is 10.1 Å². The van der Waals surface area contributed by atoms with E-state index in [2.05, 4.69) is 5.32 Å². The van der Waals surface area contributed by atoms with Crippen LogP contribution < -0.4 is 19.3 Å². The smallest absolute Gasteiger partial charge is 0.251 e. The summed E-state index contributed by atoms with van der Waals surface area (Å²) >= 11 is 0. The molecule has 1 N–H and O–H groups in total. The minimum atomic E-state index is -3.80. The van der Waals surface area contributed by atoms with Gasteiger partial charge >= 0.3 is 0 Å². The van der Waals surface area contributed by atoms with Gasteiger partial charge in [0.25, 0.3) is 5.91 Å². The Balaban J connectivity index is 2.06. The average Bonchev–Trinajstić information content (AvgIpc) is 2.69. The lowest BCUT2D eigenvalue weighted by Crippen LogP contribution is -2.53. The molecule has 0 fully saturated rings. The van der Waals surface area contributed by atoms with Crippen molar-refractivity contribution in [3.8, 4) is 5.75 Å². The number of para-hydroxylation sites is 2. The van der Waals surface area contributed by atoms with E-state index in [9.17, 15) is 18.0 Å². The maximum absolute atomic E-state index is 13.5. The summed E-state index contributed by atoms with van der Waals surface area (Å²) in [5.74, 6) is -0.330. The second kappa shape index (κ2) is 8.12. The normalized spacial score (nSPS) is 14.6. The standard InChI is InChI=1S/C20H23N3O5S/c1-4-17(23(29(3,26)27)14-8-7-9-15(12-14)28-2)20(25)22-13-19(24)21-16-10-5-6-11-18(16)22/h5-12,17H,4,13H2,1-3H3,(H,21,24). The monoisotopic (exact) mass is 417 g/mol. The van der Waals surface area contributed by atoms with Crippen molar-refractivity contribution >= 4 is 38.9 Å². The molecule has 0 saturated heterocycles. The zero-order valence-corrected chi connectivity index (χ0v) is 17.3. The summed E-state index contributed by atoms with van der Waals surface area (Å²) in [5.41, 5.74) is 1.37. The van der Waals surface area contributed by atoms with E-state index in [4.69, 9.17) is 4.74 Å². The lowest BCUT2D eigenvalue weighted by molar-refractivity contribution is -0.122. The minimum absolute atomic E-state index is 0.179. The molecule has 0 bridgehead atoms. The fourth-order valence-electron chi connectivity index (χ4n) is 3.40. The summed E-state index contributed by atoms with van der Waals surface area (Å²) in [7, 11) is -2.32. The summed E-state index contributed by atoms with van der Waals surface area (Å²) in [6.45, 7) is 1.55. The van der Waals surface area contributed by atoms with Gasteiger partial charge in [0.1, 0.15) is 18.3 Å². The molecule has 0 aliphatic carbocycles. The van der Waals surface area contributed by atoms with Gasteiger partial charge in [-0.3, -0.25) is 18.8 Å². The van der Waals surface area contributed by atoms with Crippen molar-refractivity contribution in [2.75, 3.05) is 34.4 Å². The van der Waals surface area contributed by atoms with Gasteiger partial charge in [0, 0.05) is 6.07 Å². The molecule has 2 aromatic rings. The molecule has 3 rings (SSSR count). The SMILES string of the molecule is CCC(C(=O)N1CC(=O)Nc2ccccc21)N(c1cccc(OC)c1)S(C)(=O)=O. The number of methoxy groups -OCH3 is 1. The van der Waals surface area contributed by atoms with Crippen molar-refractivity contribution in [1.29, 1.82) is 0 Å². The Hall–Kier alpha value is -3.07. The minimum Gasteiger partial charge on any atom is -0.497 e. The molecule has 9 heteroatoms. The molecule has 0 spiro atoms. The predicted molar refractivity (Wildman–Crippen MR) is 112 cm³/mol. The molecule has 1 aliphatic heterocycles. The summed E-state index contributed by atoms with van der Waals surface area (Å²) in [4.78, 5) is 26.9. The van der Waals surface area contributed by atoms with E-state index in [1.807, 2.05) is 0 Å². The van der Waals surface area contributed by atoms with Crippen LogP contribution in [0.2, 0.25) is 0 Å². The first kappa shape index (κ1) is 20.7. The number of carbonyl (C=O) groups is 2. The largest absolute Gasteiger partial charge is 0.497 e. The molecule has 8 nitrogen and oxygen atoms in total. The van der Waals surface area contributed by atoms with Gasteiger partial charge in [-0.25, -0.2) is 8.42 Å². The number of hydrogen-bond donors (Lipinski definition) is 1. The number of sulfonamides is 1. The first-order valence-electron chi connectivity index (χ1n) is 9.10. The van der Waals surface area contributed by atoms with Gasteiger partial charge in [0.2, 0.25) is 15.9 Å². The van der Waals surface area contributed by atoms with Crippen molar-refractivity contribution in [3.05, 3.63) is 48.5 Å². The lowest BCUT2D eigenvalue weighted by atomic mass is 10.1. The van der Waals surface area contributed by atoms with Crippen LogP contribution in [0.25, 0.3) is 0 Å². The first-order valence-corrected chi connectivity index (χ1v) is 10.9. The number of amides is 2. The predicted octanol–water partition coefficient (Wildman–Crippen LogP) is 2.23. The molecule has 2 amide bonds. The van der Waals surface area contributed by atoms with E-state index >= 15 is 0 Å². The fraction of sp³-hybridized carbons (Fsp3) is 0.300. The van der Waals surface area contributed by atoms with Crippen LogP contribution in [0.5, 0.6) is 5.75 Å². The zero-order chi connectivity index (χ0) is 21.2. The Morgan fingerprint density at radius 1 is 1.24 bits per heavy atom. The van der Waals surface area contributed by atoms with Gasteiger partial charge in [-0.1, -0.05) is 25.1 Å². The Bertz CT molecular complexity index is 1040. The summed E-state index contributed by atoms with van der Waals surface area (Å²) < 4.78 is 31.6. The molecule has 1 aliphatic rings. The van der Waals surface area contributed by atoms with Crippen molar-refractivity contribution in [2.45, 2.75) is 19.4 Å². The van der Waals surface area contributed by atoms with Crippen LogP contribution in [0.4, 0.5) is 17.1 Å². The second-order valence-electron chi connectivity index (χ2n) is 6.67. The Kier molecular flexibility index (Phi) is 5.78. The van der Waals surface area contributed by atoms with Gasteiger partial charge in [0.15, 0.2) is 0 Å². The number of anilines is 3. The van der Waals surface area contributed by atoms with Crippen LogP contribution in [0.3, 0.4) is 0 Å². The summed E-state index contributed by atoms with van der Waals surface area (Å²) in [5, 5.41) is 2.73. The number of benzene rings is 2. The number of fused-ring (bicyclic) bond motifs is 1. The van der Waals surface area contributed by atoms with Crippen LogP contribution in [0.1, 0.15) is 13.3 Å². The van der Waals surface area contributed by atoms with Crippen LogP contribution >= 0.6 is 0 Å². The van der Waals surface area contributed by atoms with E-state index in [0.717, 1.165) is 10.6 Å². The number of nitrogens with one attached hydrogen (secondary N) is 1. The molecule has 0 radical (unpaired) electrons. The maximum atomic E-state index is 13.5. The van der Waals surface area contributed by atoms with E-state index in [1.54, 1.807) is 55.5 Å². The van der Waals surface area contributed by atoms with Crippen molar-refractivity contribution in [2.24, 2.45) is 0 Å². The van der Waals surface area contributed by atoms with E-state index in [0.29, 0.717) is 22.8 Å².